The molecule has 0 N–H and O–H groups in total. The smallest absolute Gasteiger partial charge is 0.243 e. The first kappa shape index (κ1) is 14.7. The van der Waals surface area contributed by atoms with E-state index in [9.17, 15) is 12.8 Å². The van der Waals surface area contributed by atoms with Gasteiger partial charge in [0.2, 0.25) is 10.0 Å². The Balaban J connectivity index is 2.28. The van der Waals surface area contributed by atoms with Crippen molar-refractivity contribution in [3.8, 4) is 0 Å². The number of benzene rings is 1. The van der Waals surface area contributed by atoms with Crippen molar-refractivity contribution < 1.29 is 12.8 Å². The van der Waals surface area contributed by atoms with E-state index in [-0.39, 0.29) is 9.92 Å². The van der Waals surface area contributed by atoms with E-state index in [1.54, 1.807) is 0 Å². The molecule has 2 rings (SSSR count). The fourth-order valence-corrected chi connectivity index (χ4v) is 3.79. The summed E-state index contributed by atoms with van der Waals surface area (Å²) in [5, 5.41) is -0.173. The second kappa shape index (κ2) is 5.75. The first-order valence-electron chi connectivity index (χ1n) is 6.05. The molecule has 0 amide bonds. The highest BCUT2D eigenvalue weighted by molar-refractivity contribution is 7.89. The Hall–Kier alpha value is -0.690. The molecular weight excluding hydrogens is 291 g/mol. The molecule has 0 unspecified atom stereocenters. The zero-order valence-corrected chi connectivity index (χ0v) is 12.2. The van der Waals surface area contributed by atoms with Crippen LogP contribution in [0, 0.1) is 5.82 Å². The molecule has 1 aromatic carbocycles. The Bertz CT molecular complexity index is 565. The Morgan fingerprint density at radius 2 is 1.95 bits per heavy atom. The zero-order valence-electron chi connectivity index (χ0n) is 10.6. The van der Waals surface area contributed by atoms with Crippen LogP contribution in [-0.2, 0) is 10.0 Å². The summed E-state index contributed by atoms with van der Waals surface area (Å²) in [6.07, 6.45) is 0.782. The molecule has 0 saturated carbocycles. The average Bonchev–Trinajstić information content (AvgIpc) is 2.57. The third kappa shape index (κ3) is 3.25. The highest BCUT2D eigenvalue weighted by Crippen LogP contribution is 2.23. The third-order valence-electron chi connectivity index (χ3n) is 3.21. The molecule has 1 aromatic rings. The lowest BCUT2D eigenvalue weighted by Gasteiger charge is -2.20. The molecule has 0 radical (unpaired) electrons. The Morgan fingerprint density at radius 3 is 2.63 bits per heavy atom. The van der Waals surface area contributed by atoms with Crippen LogP contribution in [-0.4, -0.2) is 50.8 Å². The van der Waals surface area contributed by atoms with Gasteiger partial charge in [-0.15, -0.1) is 0 Å². The summed E-state index contributed by atoms with van der Waals surface area (Å²) >= 11 is 5.65. The van der Waals surface area contributed by atoms with Gasteiger partial charge in [0, 0.05) is 19.6 Å². The predicted octanol–water partition coefficient (Wildman–Crippen LogP) is 1.81. The van der Waals surface area contributed by atoms with E-state index in [0.29, 0.717) is 19.6 Å². The minimum Gasteiger partial charge on any atom is -0.305 e. The average molecular weight is 307 g/mol. The van der Waals surface area contributed by atoms with Gasteiger partial charge >= 0.3 is 0 Å². The monoisotopic (exact) mass is 306 g/mol. The molecule has 0 aromatic heterocycles. The maximum absolute atomic E-state index is 13.1. The van der Waals surface area contributed by atoms with Crippen molar-refractivity contribution in [2.45, 2.75) is 11.3 Å². The minimum atomic E-state index is -3.59. The van der Waals surface area contributed by atoms with Crippen molar-refractivity contribution in [2.24, 2.45) is 0 Å². The third-order valence-corrected chi connectivity index (χ3v) is 5.39. The fourth-order valence-electron chi connectivity index (χ4n) is 2.05. The summed E-state index contributed by atoms with van der Waals surface area (Å²) in [4.78, 5) is 2.14. The maximum Gasteiger partial charge on any atom is 0.243 e. The molecule has 0 bridgehead atoms. The van der Waals surface area contributed by atoms with Crippen LogP contribution in [0.25, 0.3) is 0 Å². The second-order valence-corrected chi connectivity index (χ2v) is 6.98. The number of rotatable bonds is 2. The topological polar surface area (TPSA) is 40.6 Å². The van der Waals surface area contributed by atoms with E-state index in [0.717, 1.165) is 19.0 Å². The molecule has 0 spiro atoms. The van der Waals surface area contributed by atoms with E-state index < -0.39 is 15.8 Å². The van der Waals surface area contributed by atoms with Gasteiger partial charge in [0.05, 0.1) is 9.92 Å². The quantitative estimate of drug-likeness (QED) is 0.836. The summed E-state index contributed by atoms with van der Waals surface area (Å²) in [5.41, 5.74) is 0. The summed E-state index contributed by atoms with van der Waals surface area (Å²) in [6.45, 7) is 2.47. The van der Waals surface area contributed by atoms with Crippen LogP contribution < -0.4 is 0 Å². The van der Waals surface area contributed by atoms with Crippen molar-refractivity contribution in [1.29, 1.82) is 0 Å². The molecule has 1 aliphatic heterocycles. The molecule has 106 valence electrons. The number of sulfonamides is 1. The first-order valence-corrected chi connectivity index (χ1v) is 7.87. The van der Waals surface area contributed by atoms with Gasteiger partial charge in [-0.1, -0.05) is 11.6 Å². The van der Waals surface area contributed by atoms with Gasteiger partial charge in [0.15, 0.2) is 0 Å². The van der Waals surface area contributed by atoms with Gasteiger partial charge in [-0.05, 0) is 38.2 Å². The summed E-state index contributed by atoms with van der Waals surface area (Å²) < 4.78 is 39.4. The number of nitrogens with zero attached hydrogens (tertiary/aromatic N) is 2. The summed E-state index contributed by atoms with van der Waals surface area (Å²) in [6, 6.07) is 3.51. The van der Waals surface area contributed by atoms with Gasteiger partial charge in [-0.3, -0.25) is 0 Å². The van der Waals surface area contributed by atoms with Crippen molar-refractivity contribution in [1.82, 2.24) is 9.21 Å². The van der Waals surface area contributed by atoms with Gasteiger partial charge in [0.25, 0.3) is 0 Å². The number of halogens is 2. The molecule has 1 saturated heterocycles. The first-order chi connectivity index (χ1) is 8.91. The Labute approximate surface area is 117 Å². The van der Waals surface area contributed by atoms with Gasteiger partial charge in [0.1, 0.15) is 5.82 Å². The van der Waals surface area contributed by atoms with E-state index in [1.807, 2.05) is 7.05 Å². The van der Waals surface area contributed by atoms with Gasteiger partial charge < -0.3 is 4.90 Å². The lowest BCUT2D eigenvalue weighted by Crippen LogP contribution is -2.34. The molecule has 19 heavy (non-hydrogen) atoms. The largest absolute Gasteiger partial charge is 0.305 e. The van der Waals surface area contributed by atoms with Crippen molar-refractivity contribution in [2.75, 3.05) is 33.2 Å². The second-order valence-electron chi connectivity index (χ2n) is 4.64. The van der Waals surface area contributed by atoms with Crippen LogP contribution in [0.5, 0.6) is 0 Å². The van der Waals surface area contributed by atoms with Crippen LogP contribution in [0.1, 0.15) is 6.42 Å². The SMILES string of the molecule is CN1CCCN(S(=O)(=O)c2ccc(F)c(Cl)c2)CC1. The van der Waals surface area contributed by atoms with Crippen LogP contribution in [0.2, 0.25) is 5.02 Å². The fraction of sp³-hybridized carbons (Fsp3) is 0.500. The predicted molar refractivity (Wildman–Crippen MR) is 72.3 cm³/mol. The molecule has 0 atom stereocenters. The zero-order chi connectivity index (χ0) is 14.0. The Kier molecular flexibility index (Phi) is 4.45. The van der Waals surface area contributed by atoms with E-state index >= 15 is 0 Å². The van der Waals surface area contributed by atoms with Crippen molar-refractivity contribution >= 4 is 21.6 Å². The standard InChI is InChI=1S/C12H16ClFN2O2S/c1-15-5-2-6-16(8-7-15)19(17,18)10-3-4-12(14)11(13)9-10/h3-4,9H,2,5-8H2,1H3. The maximum atomic E-state index is 13.1. The molecule has 4 nitrogen and oxygen atoms in total. The summed E-state index contributed by atoms with van der Waals surface area (Å²) in [5.74, 6) is -0.615. The van der Waals surface area contributed by atoms with Gasteiger partial charge in [-0.2, -0.15) is 4.31 Å². The molecular formula is C12H16ClFN2O2S. The number of hydrogen-bond acceptors (Lipinski definition) is 3. The number of likely N-dealkylation sites (N-methyl/N-ethyl adjacent to an activating group) is 1. The van der Waals surface area contributed by atoms with Crippen LogP contribution in [0.15, 0.2) is 23.1 Å². The molecule has 7 heteroatoms. The number of hydrogen-bond donors (Lipinski definition) is 0. The molecule has 1 aliphatic rings. The highest BCUT2D eigenvalue weighted by Gasteiger charge is 2.26. The highest BCUT2D eigenvalue weighted by atomic mass is 35.5. The van der Waals surface area contributed by atoms with Crippen LogP contribution in [0.4, 0.5) is 4.39 Å². The Morgan fingerprint density at radius 1 is 1.21 bits per heavy atom. The lowest BCUT2D eigenvalue weighted by molar-refractivity contribution is 0.347. The van der Waals surface area contributed by atoms with E-state index in [1.165, 1.54) is 16.4 Å². The molecule has 1 fully saturated rings. The summed E-state index contributed by atoms with van der Waals surface area (Å²) in [7, 11) is -1.63. The lowest BCUT2D eigenvalue weighted by atomic mass is 10.3. The van der Waals surface area contributed by atoms with Crippen LogP contribution in [0.3, 0.4) is 0 Å². The molecule has 0 aliphatic carbocycles. The van der Waals surface area contributed by atoms with Crippen molar-refractivity contribution in [3.05, 3.63) is 29.0 Å². The normalized spacial score (nSPS) is 19.3. The van der Waals surface area contributed by atoms with Gasteiger partial charge in [-0.25, -0.2) is 12.8 Å². The minimum absolute atomic E-state index is 0.0449. The van der Waals surface area contributed by atoms with E-state index in [4.69, 9.17) is 11.6 Å². The molecule has 1 heterocycles. The van der Waals surface area contributed by atoms with E-state index in [2.05, 4.69) is 4.90 Å². The van der Waals surface area contributed by atoms with Crippen LogP contribution >= 0.6 is 11.6 Å². The van der Waals surface area contributed by atoms with Crippen molar-refractivity contribution in [3.63, 3.8) is 0 Å².